The number of unbranched alkanes of at least 4 members (excludes halogenated alkanes) is 14. The number of carboxylic acids is 1. The summed E-state index contributed by atoms with van der Waals surface area (Å²) in [5.41, 5.74) is 0. The van der Waals surface area contributed by atoms with Gasteiger partial charge in [0, 0.05) is 32.6 Å². The van der Waals surface area contributed by atoms with Gasteiger partial charge in [0.05, 0.1) is 0 Å². The van der Waals surface area contributed by atoms with Gasteiger partial charge in [0.25, 0.3) is 0 Å². The first kappa shape index (κ1) is 41.0. The average molecular weight is 428 g/mol. The number of hydrogen-bond acceptors (Lipinski definition) is 1. The molecule has 25 heavy (non-hydrogen) atoms. The monoisotopic (exact) mass is 426 g/mol. The summed E-state index contributed by atoms with van der Waals surface area (Å²) in [6.45, 7) is 2.27. The molecular weight excluding hydrogens is 385 g/mol. The Morgan fingerprint density at radius 3 is 1.12 bits per heavy atom. The molecular formula is C18H42Li2O4Zr. The van der Waals surface area contributed by atoms with Crippen molar-refractivity contribution in [2.75, 3.05) is 0 Å². The van der Waals surface area contributed by atoms with Gasteiger partial charge in [-0.2, -0.15) is 0 Å². The first-order valence-electron chi connectivity index (χ1n) is 8.99. The number of rotatable bonds is 16. The minimum atomic E-state index is -0.653. The van der Waals surface area contributed by atoms with E-state index in [0.717, 1.165) is 12.8 Å². The molecule has 0 radical (unpaired) electrons. The van der Waals surface area contributed by atoms with Gasteiger partial charge in [-0.3, -0.25) is 4.79 Å². The fraction of sp³-hybridized carbons (Fsp3) is 0.944. The normalized spacial score (nSPS) is 8.68. The summed E-state index contributed by atoms with van der Waals surface area (Å²) in [4.78, 5) is 10.3. The Hall–Kier alpha value is 1.47. The van der Waals surface area contributed by atoms with Crippen molar-refractivity contribution < 1.29 is 87.6 Å². The molecule has 0 saturated heterocycles. The van der Waals surface area contributed by atoms with Crippen LogP contribution in [0.5, 0.6) is 0 Å². The Labute approximate surface area is 202 Å². The van der Waals surface area contributed by atoms with E-state index in [1.807, 2.05) is 0 Å². The van der Waals surface area contributed by atoms with Crippen molar-refractivity contribution in [3.8, 4) is 0 Å². The molecule has 0 saturated carbocycles. The van der Waals surface area contributed by atoms with Gasteiger partial charge in [-0.15, -0.1) is 0 Å². The van der Waals surface area contributed by atoms with E-state index >= 15 is 0 Å². The quantitative estimate of drug-likeness (QED) is 0.250. The third-order valence-electron chi connectivity index (χ3n) is 3.99. The predicted octanol–water partition coefficient (Wildman–Crippen LogP) is -1.09. The van der Waals surface area contributed by atoms with Crippen LogP contribution in [0.25, 0.3) is 0 Å². The molecule has 0 rings (SSSR count). The molecule has 0 atom stereocenters. The van der Waals surface area contributed by atoms with Crippen LogP contribution in [0.3, 0.4) is 0 Å². The number of hydrogen-bond donors (Lipinski definition) is 1. The summed E-state index contributed by atoms with van der Waals surface area (Å²) >= 11 is 0. The third kappa shape index (κ3) is 41.1. The zero-order chi connectivity index (χ0) is 14.9. The summed E-state index contributed by atoms with van der Waals surface area (Å²) in [6, 6.07) is 0. The molecule has 4 nitrogen and oxygen atoms in total. The molecule has 0 aliphatic carbocycles. The van der Waals surface area contributed by atoms with Crippen molar-refractivity contribution in [2.45, 2.75) is 110 Å². The third-order valence-corrected chi connectivity index (χ3v) is 3.99. The van der Waals surface area contributed by atoms with Crippen LogP contribution in [0.1, 0.15) is 113 Å². The molecule has 0 heterocycles. The van der Waals surface area contributed by atoms with Crippen LogP contribution >= 0.6 is 0 Å². The zero-order valence-corrected chi connectivity index (χ0v) is 19.6. The summed E-state index contributed by atoms with van der Waals surface area (Å²) in [5, 5.41) is 8.52. The van der Waals surface area contributed by atoms with Gasteiger partial charge in [0.15, 0.2) is 0 Å². The molecule has 5 N–H and O–H groups in total. The molecule has 0 spiro atoms. The average Bonchev–Trinajstić information content (AvgIpc) is 2.43. The molecule has 0 aliphatic rings. The van der Waals surface area contributed by atoms with E-state index in [4.69, 9.17) is 5.11 Å². The maximum atomic E-state index is 10.3. The Bertz CT molecular complexity index is 234. The molecule has 7 heteroatoms. The molecule has 0 aliphatic heterocycles. The summed E-state index contributed by atoms with van der Waals surface area (Å²) in [5.74, 6) is -0.653. The van der Waals surface area contributed by atoms with E-state index in [2.05, 4.69) is 6.92 Å². The van der Waals surface area contributed by atoms with Crippen molar-refractivity contribution in [1.82, 2.24) is 0 Å². The number of carboxylic acid groups (broad SMARTS) is 1. The van der Waals surface area contributed by atoms with Crippen LogP contribution in [-0.2, 0) is 31.0 Å². The van der Waals surface area contributed by atoms with Gasteiger partial charge >= 0.3 is 43.7 Å². The van der Waals surface area contributed by atoms with Gasteiger partial charge in [0.2, 0.25) is 0 Å². The first-order chi connectivity index (χ1) is 9.77. The number of aliphatic carboxylic acids is 1. The second-order valence-electron chi connectivity index (χ2n) is 6.09. The Morgan fingerprint density at radius 2 is 0.880 bits per heavy atom. The van der Waals surface area contributed by atoms with Crippen LogP contribution in [0.15, 0.2) is 0 Å². The van der Waals surface area contributed by atoms with Crippen LogP contribution < -0.4 is 37.7 Å². The maximum Gasteiger partial charge on any atom is 1.00 e. The van der Waals surface area contributed by atoms with Gasteiger partial charge in [-0.1, -0.05) is 96.8 Å². The van der Waals surface area contributed by atoms with Crippen molar-refractivity contribution >= 4 is 5.97 Å². The van der Waals surface area contributed by atoms with Crippen LogP contribution in [-0.4, -0.2) is 22.0 Å². The summed E-state index contributed by atoms with van der Waals surface area (Å²) in [6.07, 6.45) is 20.2. The zero-order valence-electron chi connectivity index (χ0n) is 19.2. The minimum absolute atomic E-state index is 0. The standard InChI is InChI=1S/C18H36O2.2Li.2H2O.Zr.2H/c1-2-3-4-5-6-7-8-9-10-11-12-13-14-15-16-17-18(19)20;;;;;;;/h2-17H2,1H3,(H,19,20);;;2*1H2;;;/q;2*+1;;;;2*-1. The molecule has 0 aromatic rings. The number of carbonyl (C=O) groups is 1. The van der Waals surface area contributed by atoms with E-state index in [0.29, 0.717) is 6.42 Å². The van der Waals surface area contributed by atoms with E-state index in [9.17, 15) is 4.79 Å². The van der Waals surface area contributed by atoms with E-state index in [1.165, 1.54) is 83.5 Å². The van der Waals surface area contributed by atoms with E-state index < -0.39 is 5.97 Å². The van der Waals surface area contributed by atoms with Gasteiger partial charge < -0.3 is 18.9 Å². The van der Waals surface area contributed by atoms with Crippen molar-refractivity contribution in [3.63, 3.8) is 0 Å². The van der Waals surface area contributed by atoms with E-state index in [1.54, 1.807) is 0 Å². The molecule has 0 fully saturated rings. The Kier molecular flexibility index (Phi) is 59.7. The molecule has 0 aromatic heterocycles. The van der Waals surface area contributed by atoms with Gasteiger partial charge in [0.1, 0.15) is 0 Å². The van der Waals surface area contributed by atoms with Crippen LogP contribution in [0.2, 0.25) is 0 Å². The van der Waals surface area contributed by atoms with Crippen molar-refractivity contribution in [3.05, 3.63) is 0 Å². The van der Waals surface area contributed by atoms with Gasteiger partial charge in [-0.05, 0) is 6.42 Å². The Balaban J connectivity index is -0.0000000860. The topological polar surface area (TPSA) is 100 Å². The smallest absolute Gasteiger partial charge is 1.00 e. The minimum Gasteiger partial charge on any atom is -1.00 e. The van der Waals surface area contributed by atoms with Crippen molar-refractivity contribution in [2.24, 2.45) is 0 Å². The maximum absolute atomic E-state index is 10.3. The Morgan fingerprint density at radius 1 is 0.640 bits per heavy atom. The molecule has 0 aromatic carbocycles. The summed E-state index contributed by atoms with van der Waals surface area (Å²) in [7, 11) is 0. The van der Waals surface area contributed by atoms with Crippen LogP contribution in [0.4, 0.5) is 0 Å². The van der Waals surface area contributed by atoms with Crippen LogP contribution in [0, 0.1) is 0 Å². The van der Waals surface area contributed by atoms with Gasteiger partial charge in [-0.25, -0.2) is 0 Å². The molecule has 0 amide bonds. The second kappa shape index (κ2) is 36.4. The summed E-state index contributed by atoms with van der Waals surface area (Å²) < 4.78 is 0. The second-order valence-corrected chi connectivity index (χ2v) is 6.09. The fourth-order valence-electron chi connectivity index (χ4n) is 2.65. The predicted molar refractivity (Wildman–Crippen MR) is 96.6 cm³/mol. The van der Waals surface area contributed by atoms with Crippen molar-refractivity contribution in [1.29, 1.82) is 0 Å². The molecule has 0 unspecified atom stereocenters. The fourth-order valence-corrected chi connectivity index (χ4v) is 2.65. The largest absolute Gasteiger partial charge is 1.00 e. The van der Waals surface area contributed by atoms with E-state index in [-0.39, 0.29) is 77.7 Å². The SMILES string of the molecule is CCCCCCCCCCCCCCCCCC(=O)O.O.O.[H-].[H-].[Li+].[Li+].[Zr]. The molecule has 144 valence electrons. The first-order valence-corrected chi connectivity index (χ1v) is 8.99. The molecule has 0 bridgehead atoms.